The SMILES string of the molecule is O=C(CNC(=O)c1cc(-c2ccccc2)on1)Nc1cc(Br)c[nH]c1=O. The maximum Gasteiger partial charge on any atom is 0.273 e. The molecular formula is C17H13BrN4O4. The van der Waals surface area contributed by atoms with E-state index >= 15 is 0 Å². The predicted octanol–water partition coefficient (Wildman–Crippen LogP) is 2.16. The number of nitrogens with zero attached hydrogens (tertiary/aromatic N) is 1. The van der Waals surface area contributed by atoms with Crippen molar-refractivity contribution in [1.29, 1.82) is 0 Å². The van der Waals surface area contributed by atoms with Gasteiger partial charge in [0.1, 0.15) is 5.69 Å². The van der Waals surface area contributed by atoms with Gasteiger partial charge in [-0.15, -0.1) is 0 Å². The Labute approximate surface area is 155 Å². The van der Waals surface area contributed by atoms with E-state index in [1.54, 1.807) is 0 Å². The number of hydrogen-bond acceptors (Lipinski definition) is 5. The highest BCUT2D eigenvalue weighted by Crippen LogP contribution is 2.19. The highest BCUT2D eigenvalue weighted by molar-refractivity contribution is 9.10. The van der Waals surface area contributed by atoms with Crippen molar-refractivity contribution < 1.29 is 14.1 Å². The Bertz CT molecular complexity index is 997. The summed E-state index contributed by atoms with van der Waals surface area (Å²) in [6.07, 6.45) is 1.45. The van der Waals surface area contributed by atoms with Crippen LogP contribution in [0.5, 0.6) is 0 Å². The number of anilines is 1. The van der Waals surface area contributed by atoms with Crippen molar-refractivity contribution in [2.45, 2.75) is 0 Å². The molecular weight excluding hydrogens is 404 g/mol. The van der Waals surface area contributed by atoms with Crippen molar-refractivity contribution in [3.05, 3.63) is 69.2 Å². The number of pyridine rings is 1. The van der Waals surface area contributed by atoms with Crippen molar-refractivity contribution >= 4 is 33.4 Å². The molecule has 3 aromatic rings. The molecule has 0 aliphatic rings. The third kappa shape index (κ3) is 4.25. The first-order chi connectivity index (χ1) is 12.5. The molecule has 0 fully saturated rings. The van der Waals surface area contributed by atoms with Gasteiger partial charge in [0.2, 0.25) is 5.91 Å². The van der Waals surface area contributed by atoms with Crippen molar-refractivity contribution in [3.63, 3.8) is 0 Å². The van der Waals surface area contributed by atoms with Crippen LogP contribution in [0.1, 0.15) is 10.5 Å². The molecule has 9 heteroatoms. The normalized spacial score (nSPS) is 10.3. The fraction of sp³-hybridized carbons (Fsp3) is 0.0588. The summed E-state index contributed by atoms with van der Waals surface area (Å²) in [4.78, 5) is 38.0. The van der Waals surface area contributed by atoms with Gasteiger partial charge in [-0.3, -0.25) is 14.4 Å². The van der Waals surface area contributed by atoms with Crippen molar-refractivity contribution in [2.75, 3.05) is 11.9 Å². The Kier molecular flexibility index (Phi) is 5.28. The molecule has 0 radical (unpaired) electrons. The Morgan fingerprint density at radius 1 is 1.19 bits per heavy atom. The number of amides is 2. The number of aromatic nitrogens is 2. The summed E-state index contributed by atoms with van der Waals surface area (Å²) in [6.45, 7) is -0.321. The first-order valence-corrected chi connectivity index (χ1v) is 8.30. The van der Waals surface area contributed by atoms with Crippen LogP contribution < -0.4 is 16.2 Å². The molecule has 1 aromatic carbocycles. The van der Waals surface area contributed by atoms with Crippen LogP contribution in [-0.2, 0) is 4.79 Å². The van der Waals surface area contributed by atoms with E-state index < -0.39 is 17.4 Å². The van der Waals surface area contributed by atoms with Crippen LogP contribution >= 0.6 is 15.9 Å². The molecule has 3 rings (SSSR count). The maximum atomic E-state index is 12.1. The molecule has 2 aromatic heterocycles. The standard InChI is InChI=1S/C17H13BrN4O4/c18-11-6-12(16(24)19-8-11)21-15(23)9-20-17(25)13-7-14(26-22-13)10-4-2-1-3-5-10/h1-8H,9H2,(H,19,24)(H,20,25)(H,21,23). The third-order valence-corrected chi connectivity index (χ3v) is 3.81. The number of nitrogens with one attached hydrogen (secondary N) is 3. The molecule has 132 valence electrons. The van der Waals surface area contributed by atoms with Gasteiger partial charge in [-0.05, 0) is 22.0 Å². The summed E-state index contributed by atoms with van der Waals surface area (Å²) in [7, 11) is 0. The van der Waals surface area contributed by atoms with Gasteiger partial charge in [-0.25, -0.2) is 0 Å². The van der Waals surface area contributed by atoms with E-state index in [1.807, 2.05) is 30.3 Å². The zero-order chi connectivity index (χ0) is 18.5. The van der Waals surface area contributed by atoms with Crippen molar-refractivity contribution in [2.24, 2.45) is 0 Å². The highest BCUT2D eigenvalue weighted by atomic mass is 79.9. The molecule has 2 heterocycles. The maximum absolute atomic E-state index is 12.1. The number of aromatic amines is 1. The van der Waals surface area contributed by atoms with Crippen molar-refractivity contribution in [3.8, 4) is 11.3 Å². The fourth-order valence-electron chi connectivity index (χ4n) is 2.12. The van der Waals surface area contributed by atoms with Crippen LogP contribution in [0.25, 0.3) is 11.3 Å². The minimum atomic E-state index is -0.561. The molecule has 0 saturated carbocycles. The van der Waals surface area contributed by atoms with Crippen LogP contribution in [0.2, 0.25) is 0 Å². The summed E-state index contributed by atoms with van der Waals surface area (Å²) in [6, 6.07) is 12.1. The Balaban J connectivity index is 1.59. The molecule has 3 N–H and O–H groups in total. The Morgan fingerprint density at radius 2 is 1.96 bits per heavy atom. The van der Waals surface area contributed by atoms with Crippen LogP contribution in [-0.4, -0.2) is 28.5 Å². The lowest BCUT2D eigenvalue weighted by atomic mass is 10.1. The number of carbonyl (C=O) groups excluding carboxylic acids is 2. The summed E-state index contributed by atoms with van der Waals surface area (Å²) in [5.41, 5.74) is 0.464. The number of halogens is 1. The van der Waals surface area contributed by atoms with Gasteiger partial charge in [0.25, 0.3) is 11.5 Å². The van der Waals surface area contributed by atoms with Gasteiger partial charge in [-0.1, -0.05) is 35.5 Å². The van der Waals surface area contributed by atoms with Crippen LogP contribution in [0.3, 0.4) is 0 Å². The number of rotatable bonds is 5. The van der Waals surface area contributed by atoms with E-state index in [9.17, 15) is 14.4 Å². The fourth-order valence-corrected chi connectivity index (χ4v) is 2.46. The van der Waals surface area contributed by atoms with E-state index in [4.69, 9.17) is 4.52 Å². The van der Waals surface area contributed by atoms with E-state index in [2.05, 4.69) is 36.7 Å². The van der Waals surface area contributed by atoms with Gasteiger partial charge in [0.15, 0.2) is 11.5 Å². The number of H-pyrrole nitrogens is 1. The van der Waals surface area contributed by atoms with E-state index in [-0.39, 0.29) is 17.9 Å². The van der Waals surface area contributed by atoms with E-state index in [1.165, 1.54) is 18.3 Å². The lowest BCUT2D eigenvalue weighted by Gasteiger charge is -2.05. The predicted molar refractivity (Wildman–Crippen MR) is 97.7 cm³/mol. The van der Waals surface area contributed by atoms with Crippen molar-refractivity contribution in [1.82, 2.24) is 15.5 Å². The third-order valence-electron chi connectivity index (χ3n) is 3.35. The zero-order valence-electron chi connectivity index (χ0n) is 13.3. The van der Waals surface area contributed by atoms with Gasteiger partial charge >= 0.3 is 0 Å². The molecule has 0 spiro atoms. The van der Waals surface area contributed by atoms with Gasteiger partial charge in [0, 0.05) is 22.3 Å². The second-order valence-corrected chi connectivity index (χ2v) is 6.15. The van der Waals surface area contributed by atoms with Gasteiger partial charge in [0.05, 0.1) is 6.54 Å². The first kappa shape index (κ1) is 17.6. The summed E-state index contributed by atoms with van der Waals surface area (Å²) in [5.74, 6) is -0.663. The van der Waals surface area contributed by atoms with Crippen LogP contribution in [0.4, 0.5) is 5.69 Å². The molecule has 0 aliphatic carbocycles. The molecule has 8 nitrogen and oxygen atoms in total. The largest absolute Gasteiger partial charge is 0.355 e. The smallest absolute Gasteiger partial charge is 0.273 e. The zero-order valence-corrected chi connectivity index (χ0v) is 14.9. The molecule has 0 atom stereocenters. The lowest BCUT2D eigenvalue weighted by Crippen LogP contribution is -2.34. The summed E-state index contributed by atoms with van der Waals surface area (Å²) < 4.78 is 5.75. The second kappa shape index (κ2) is 7.79. The Morgan fingerprint density at radius 3 is 2.73 bits per heavy atom. The monoisotopic (exact) mass is 416 g/mol. The van der Waals surface area contributed by atoms with Crippen LogP contribution in [0.15, 0.2) is 62.5 Å². The quantitative estimate of drug-likeness (QED) is 0.588. The minimum absolute atomic E-state index is 0.0527. The highest BCUT2D eigenvalue weighted by Gasteiger charge is 2.15. The topological polar surface area (TPSA) is 117 Å². The first-order valence-electron chi connectivity index (χ1n) is 7.51. The summed E-state index contributed by atoms with van der Waals surface area (Å²) in [5, 5.41) is 8.54. The van der Waals surface area contributed by atoms with E-state index in [0.717, 1.165) is 5.56 Å². The minimum Gasteiger partial charge on any atom is -0.355 e. The van der Waals surface area contributed by atoms with Gasteiger partial charge in [-0.2, -0.15) is 0 Å². The van der Waals surface area contributed by atoms with E-state index in [0.29, 0.717) is 10.2 Å². The Hall–Kier alpha value is -3.20. The molecule has 0 aliphatic heterocycles. The number of hydrogen-bond donors (Lipinski definition) is 3. The molecule has 0 bridgehead atoms. The number of benzene rings is 1. The van der Waals surface area contributed by atoms with Gasteiger partial charge < -0.3 is 20.1 Å². The average Bonchev–Trinajstić information content (AvgIpc) is 3.14. The van der Waals surface area contributed by atoms with Crippen LogP contribution in [0, 0.1) is 0 Å². The second-order valence-electron chi connectivity index (χ2n) is 5.23. The molecule has 26 heavy (non-hydrogen) atoms. The molecule has 0 saturated heterocycles. The lowest BCUT2D eigenvalue weighted by molar-refractivity contribution is -0.115. The average molecular weight is 417 g/mol. The summed E-state index contributed by atoms with van der Waals surface area (Å²) >= 11 is 3.19. The molecule has 0 unspecified atom stereocenters. The number of carbonyl (C=O) groups is 2. The molecule has 2 amide bonds.